The number of nitrogens with one attached hydrogen (secondary N) is 2. The first kappa shape index (κ1) is 24.0. The molecule has 6 nitrogen and oxygen atoms in total. The molecule has 0 radical (unpaired) electrons. The van der Waals surface area contributed by atoms with E-state index >= 15 is 0 Å². The van der Waals surface area contributed by atoms with E-state index in [1.165, 1.54) is 12.1 Å². The quantitative estimate of drug-likeness (QED) is 0.324. The maximum absolute atomic E-state index is 13.5. The summed E-state index contributed by atoms with van der Waals surface area (Å²) in [6.07, 6.45) is 2.55. The van der Waals surface area contributed by atoms with Crippen LogP contribution in [-0.2, 0) is 14.9 Å². The summed E-state index contributed by atoms with van der Waals surface area (Å²) in [5.41, 5.74) is 1.84. The van der Waals surface area contributed by atoms with Gasteiger partial charge in [-0.1, -0.05) is 18.2 Å². The maximum Gasteiger partial charge on any atom is 0.195 e. The Morgan fingerprint density at radius 2 is 1.91 bits per heavy atom. The van der Waals surface area contributed by atoms with Crippen molar-refractivity contribution in [2.24, 2.45) is 4.99 Å². The van der Waals surface area contributed by atoms with Crippen molar-refractivity contribution in [2.75, 3.05) is 51.9 Å². The summed E-state index contributed by atoms with van der Waals surface area (Å²) in [4.78, 5) is 4.91. The van der Waals surface area contributed by atoms with E-state index in [0.29, 0.717) is 38.9 Å². The summed E-state index contributed by atoms with van der Waals surface area (Å²) in [6.45, 7) is 6.01. The number of guanidine groups is 1. The number of benzene rings is 2. The van der Waals surface area contributed by atoms with Gasteiger partial charge in [0.15, 0.2) is 5.96 Å². The summed E-state index contributed by atoms with van der Waals surface area (Å²) in [7, 11) is 1.69. The van der Waals surface area contributed by atoms with Crippen LogP contribution in [0.25, 0.3) is 0 Å². The molecule has 3 rings (SSSR count). The lowest BCUT2D eigenvalue weighted by Gasteiger charge is -2.36. The molecule has 2 aromatic carbocycles. The number of aliphatic imine (C=N–C) groups is 1. The molecule has 0 bridgehead atoms. The first-order valence-electron chi connectivity index (χ1n) is 11.3. The molecule has 0 atom stereocenters. The number of ether oxygens (including phenoxy) is 3. The Balaban J connectivity index is 1.72. The highest BCUT2D eigenvalue weighted by Gasteiger charge is 2.34. The summed E-state index contributed by atoms with van der Waals surface area (Å²) < 4.78 is 30.0. The Kier molecular flexibility index (Phi) is 9.31. The predicted octanol–water partition coefficient (Wildman–Crippen LogP) is 4.37. The smallest absolute Gasteiger partial charge is 0.195 e. The molecule has 1 heterocycles. The van der Waals surface area contributed by atoms with Crippen molar-refractivity contribution in [3.05, 3.63) is 59.9 Å². The van der Waals surface area contributed by atoms with Gasteiger partial charge in [0.05, 0.1) is 13.2 Å². The third kappa shape index (κ3) is 6.93. The van der Waals surface area contributed by atoms with Crippen LogP contribution in [0.4, 0.5) is 10.1 Å². The molecule has 2 N–H and O–H groups in total. The van der Waals surface area contributed by atoms with E-state index in [-0.39, 0.29) is 11.2 Å². The van der Waals surface area contributed by atoms with Crippen molar-refractivity contribution >= 4 is 11.6 Å². The molecular formula is C25H34FN3O3. The standard InChI is InChI=1S/C25H34FN3O3/c1-3-27-24(29-22-6-4-7-23(18-22)32-15-5-14-30-2)28-19-25(12-16-31-17-13-25)20-8-10-21(26)11-9-20/h4,6-11,18H,3,5,12-17,19H2,1-2H3,(H2,27,28,29). The highest BCUT2D eigenvalue weighted by atomic mass is 19.1. The van der Waals surface area contributed by atoms with Crippen LogP contribution in [0.3, 0.4) is 0 Å². The lowest BCUT2D eigenvalue weighted by molar-refractivity contribution is 0.0531. The lowest BCUT2D eigenvalue weighted by atomic mass is 9.74. The van der Waals surface area contributed by atoms with Gasteiger partial charge in [-0.05, 0) is 49.6 Å². The first-order valence-corrected chi connectivity index (χ1v) is 11.3. The molecule has 0 aliphatic carbocycles. The lowest BCUT2D eigenvalue weighted by Crippen LogP contribution is -2.39. The normalized spacial score (nSPS) is 15.9. The second-order valence-electron chi connectivity index (χ2n) is 7.94. The number of halogens is 1. The fraction of sp³-hybridized carbons (Fsp3) is 0.480. The molecule has 1 saturated heterocycles. The number of anilines is 1. The number of rotatable bonds is 10. The van der Waals surface area contributed by atoms with Crippen molar-refractivity contribution in [3.8, 4) is 5.75 Å². The average Bonchev–Trinajstić information content (AvgIpc) is 2.82. The van der Waals surface area contributed by atoms with E-state index < -0.39 is 0 Å². The molecule has 0 unspecified atom stereocenters. The minimum absolute atomic E-state index is 0.166. The van der Waals surface area contributed by atoms with Crippen LogP contribution >= 0.6 is 0 Å². The first-order chi connectivity index (χ1) is 15.6. The average molecular weight is 444 g/mol. The fourth-order valence-corrected chi connectivity index (χ4v) is 3.83. The summed E-state index contributed by atoms with van der Waals surface area (Å²) >= 11 is 0. The molecule has 0 saturated carbocycles. The predicted molar refractivity (Wildman–Crippen MR) is 126 cm³/mol. The molecule has 1 aliphatic rings. The van der Waals surface area contributed by atoms with Crippen LogP contribution < -0.4 is 15.4 Å². The third-order valence-corrected chi connectivity index (χ3v) is 5.65. The van der Waals surface area contributed by atoms with Crippen LogP contribution in [0.1, 0.15) is 31.7 Å². The van der Waals surface area contributed by atoms with Crippen molar-refractivity contribution in [3.63, 3.8) is 0 Å². The van der Waals surface area contributed by atoms with Gasteiger partial charge in [-0.15, -0.1) is 0 Å². The van der Waals surface area contributed by atoms with Crippen LogP contribution in [-0.4, -0.2) is 52.6 Å². The van der Waals surface area contributed by atoms with Gasteiger partial charge in [0.25, 0.3) is 0 Å². The topological polar surface area (TPSA) is 64.1 Å². The fourth-order valence-electron chi connectivity index (χ4n) is 3.83. The van der Waals surface area contributed by atoms with E-state index in [4.69, 9.17) is 19.2 Å². The molecule has 0 amide bonds. The van der Waals surface area contributed by atoms with Gasteiger partial charge in [-0.3, -0.25) is 4.99 Å². The largest absolute Gasteiger partial charge is 0.493 e. The van der Waals surface area contributed by atoms with Crippen LogP contribution in [0.15, 0.2) is 53.5 Å². The van der Waals surface area contributed by atoms with E-state index in [9.17, 15) is 4.39 Å². The van der Waals surface area contributed by atoms with Crippen molar-refractivity contribution in [2.45, 2.75) is 31.6 Å². The summed E-state index contributed by atoms with van der Waals surface area (Å²) in [5.74, 6) is 1.28. The SMILES string of the molecule is CCNC(=NCC1(c2ccc(F)cc2)CCOCC1)Nc1cccc(OCCCOC)c1. The minimum atomic E-state index is -0.223. The van der Waals surface area contributed by atoms with Gasteiger partial charge in [-0.2, -0.15) is 0 Å². The van der Waals surface area contributed by atoms with E-state index in [0.717, 1.165) is 42.8 Å². The second-order valence-corrected chi connectivity index (χ2v) is 7.94. The molecule has 0 spiro atoms. The Morgan fingerprint density at radius 3 is 2.62 bits per heavy atom. The molecule has 2 aromatic rings. The van der Waals surface area contributed by atoms with E-state index in [2.05, 4.69) is 10.6 Å². The zero-order chi connectivity index (χ0) is 22.7. The molecule has 0 aromatic heterocycles. The Labute approximate surface area is 190 Å². The summed E-state index contributed by atoms with van der Waals surface area (Å²) in [5, 5.41) is 6.70. The van der Waals surface area contributed by atoms with Gasteiger partial charge in [-0.25, -0.2) is 4.39 Å². The van der Waals surface area contributed by atoms with Gasteiger partial charge in [0.2, 0.25) is 0 Å². The van der Waals surface area contributed by atoms with Gasteiger partial charge >= 0.3 is 0 Å². The highest BCUT2D eigenvalue weighted by Crippen LogP contribution is 2.35. The van der Waals surface area contributed by atoms with Crippen molar-refractivity contribution in [1.82, 2.24) is 5.32 Å². The van der Waals surface area contributed by atoms with Gasteiger partial charge in [0.1, 0.15) is 11.6 Å². The van der Waals surface area contributed by atoms with E-state index in [1.807, 2.05) is 43.3 Å². The zero-order valence-electron chi connectivity index (χ0n) is 19.0. The molecule has 174 valence electrons. The number of hydrogen-bond donors (Lipinski definition) is 2. The number of hydrogen-bond acceptors (Lipinski definition) is 4. The molecule has 1 fully saturated rings. The Morgan fingerprint density at radius 1 is 1.12 bits per heavy atom. The zero-order valence-corrected chi connectivity index (χ0v) is 19.0. The Hall–Kier alpha value is -2.64. The van der Waals surface area contributed by atoms with Crippen molar-refractivity contribution < 1.29 is 18.6 Å². The van der Waals surface area contributed by atoms with E-state index in [1.54, 1.807) is 7.11 Å². The molecule has 1 aliphatic heterocycles. The van der Waals surface area contributed by atoms with Gasteiger partial charge < -0.3 is 24.8 Å². The second kappa shape index (κ2) is 12.4. The van der Waals surface area contributed by atoms with Crippen LogP contribution in [0.5, 0.6) is 5.75 Å². The maximum atomic E-state index is 13.5. The third-order valence-electron chi connectivity index (χ3n) is 5.65. The minimum Gasteiger partial charge on any atom is -0.493 e. The van der Waals surface area contributed by atoms with Crippen LogP contribution in [0.2, 0.25) is 0 Å². The molecular weight excluding hydrogens is 409 g/mol. The number of nitrogens with zero attached hydrogens (tertiary/aromatic N) is 1. The van der Waals surface area contributed by atoms with Crippen molar-refractivity contribution in [1.29, 1.82) is 0 Å². The molecule has 32 heavy (non-hydrogen) atoms. The Bertz CT molecular complexity index is 852. The van der Waals surface area contributed by atoms with Gasteiger partial charge in [0, 0.05) is 57.1 Å². The van der Waals surface area contributed by atoms with Crippen LogP contribution in [0, 0.1) is 5.82 Å². The molecule has 7 heteroatoms. The monoisotopic (exact) mass is 443 g/mol. The number of methoxy groups -OCH3 is 1. The summed E-state index contributed by atoms with van der Waals surface area (Å²) in [6, 6.07) is 14.6. The highest BCUT2D eigenvalue weighted by molar-refractivity contribution is 5.93.